The second kappa shape index (κ2) is 18.0. The normalized spacial score (nSPS) is 18.1. The van der Waals surface area contributed by atoms with Crippen molar-refractivity contribution in [1.82, 2.24) is 0 Å². The molecule has 0 aromatic heterocycles. The molecular weight excluding hydrogens is 854 g/mol. The Balaban J connectivity index is 0.000000123. The van der Waals surface area contributed by atoms with Gasteiger partial charge in [-0.2, -0.15) is 0 Å². The van der Waals surface area contributed by atoms with Crippen molar-refractivity contribution in [3.05, 3.63) is 235 Å². The zero-order valence-corrected chi connectivity index (χ0v) is 37.2. The van der Waals surface area contributed by atoms with E-state index < -0.39 is 5.41 Å². The summed E-state index contributed by atoms with van der Waals surface area (Å²) in [4.78, 5) is 26.9. The van der Waals surface area contributed by atoms with Crippen LogP contribution in [-0.2, 0) is 59.9 Å². The Hall–Kier alpha value is -5.25. The molecule has 6 aliphatic rings. The summed E-state index contributed by atoms with van der Waals surface area (Å²) in [5.74, 6) is 0.891. The fourth-order valence-electron chi connectivity index (χ4n) is 10.1. The molecule has 0 fully saturated rings. The molecule has 6 aromatic carbocycles. The third kappa shape index (κ3) is 7.91. The number of hydrogen-bond acceptors (Lipinski definition) is 3. The maximum Gasteiger partial charge on any atom is 1.00 e. The molecule has 0 amide bonds. The molecule has 6 aliphatic carbocycles. The molecule has 0 aliphatic heterocycles. The summed E-state index contributed by atoms with van der Waals surface area (Å²) in [5.41, 5.74) is 20.2. The van der Waals surface area contributed by atoms with Gasteiger partial charge in [0.2, 0.25) is 0 Å². The van der Waals surface area contributed by atoms with Gasteiger partial charge in [0, 0.05) is 18.4 Å². The Morgan fingerprint density at radius 3 is 1.56 bits per heavy atom. The summed E-state index contributed by atoms with van der Waals surface area (Å²) >= 11 is 2.15. The minimum atomic E-state index is -0.435. The number of fused-ring (bicyclic) bond motifs is 6. The molecule has 12 rings (SSSR count). The minimum absolute atomic E-state index is 0. The summed E-state index contributed by atoms with van der Waals surface area (Å²) < 4.78 is 0. The molecule has 0 heterocycles. The van der Waals surface area contributed by atoms with Crippen LogP contribution in [0.3, 0.4) is 0 Å². The molecule has 61 heavy (non-hydrogen) atoms. The summed E-state index contributed by atoms with van der Waals surface area (Å²) in [5, 5.41) is 12.3. The van der Waals surface area contributed by atoms with Gasteiger partial charge in [-0.05, 0) is 133 Å². The Kier molecular flexibility index (Phi) is 12.5. The van der Waals surface area contributed by atoms with Crippen LogP contribution in [0.5, 0.6) is 0 Å². The van der Waals surface area contributed by atoms with Crippen molar-refractivity contribution in [2.24, 2.45) is 0 Å². The predicted octanol–water partition coefficient (Wildman–Crippen LogP) is 8.08. The molecule has 0 spiro atoms. The van der Waals surface area contributed by atoms with E-state index in [4.69, 9.17) is 0 Å². The van der Waals surface area contributed by atoms with E-state index in [1.54, 1.807) is 0 Å². The third-order valence-electron chi connectivity index (χ3n) is 13.1. The van der Waals surface area contributed by atoms with E-state index in [0.29, 0.717) is 30.8 Å². The molecule has 1 unspecified atom stereocenters. The van der Waals surface area contributed by atoms with Crippen molar-refractivity contribution < 1.29 is 33.6 Å². The molecule has 5 heteroatoms. The summed E-state index contributed by atoms with van der Waals surface area (Å²) in [6.45, 7) is 2.10. The van der Waals surface area contributed by atoms with Crippen LogP contribution in [0, 0.1) is 0 Å². The summed E-state index contributed by atoms with van der Waals surface area (Å²) in [6.07, 6.45) is 9.74. The SMILES string of the molecule is CC1(C2=Cc3ccccc3C2)C(=O)Cc2ccccc21.CI.O=C1Cc2ccccc2C1=C1Cc2ccccc2C1.[Li+].[O-]C1=C(C2=Cc3ccccc3C2)c2ccccc2C1. The standard InChI is InChI=1S/C19H16O.2C18H14O.CH3I.Li/c1-19(16-10-13-6-2-3-7-14(13)11-16)17-9-5-4-8-15(17)12-18(19)20;2*19-17-11-14-7-3-4-8-16(14)18(17)15-9-12-5-1-2-6-13(12)10-15;1-2;/h2-10H,11-12H2,1H3;1-8H,9-11H2;1-9,19H,10-11H2;1H3;/q;;;;+1/p-1. The molecule has 3 nitrogen and oxygen atoms in total. The van der Waals surface area contributed by atoms with Gasteiger partial charge >= 0.3 is 18.9 Å². The van der Waals surface area contributed by atoms with Crippen molar-refractivity contribution in [3.63, 3.8) is 0 Å². The minimum Gasteiger partial charge on any atom is -0.875 e. The van der Waals surface area contributed by atoms with Crippen LogP contribution in [-0.4, -0.2) is 16.5 Å². The number of carbonyl (C=O) groups excluding carboxylic acids is 2. The van der Waals surface area contributed by atoms with E-state index in [0.717, 1.165) is 48.0 Å². The molecule has 0 bridgehead atoms. The van der Waals surface area contributed by atoms with Crippen molar-refractivity contribution in [2.45, 2.75) is 57.3 Å². The average molecular weight is 901 g/mol. The van der Waals surface area contributed by atoms with Gasteiger partial charge in [0.15, 0.2) is 11.6 Å². The molecule has 6 aromatic rings. The number of Topliss-reactive ketones (excluding diaryl/α,β-unsaturated/α-hetero) is 2. The van der Waals surface area contributed by atoms with Gasteiger partial charge in [0.1, 0.15) is 0 Å². The van der Waals surface area contributed by atoms with Gasteiger partial charge in [-0.15, -0.1) is 5.76 Å². The van der Waals surface area contributed by atoms with Gasteiger partial charge in [-0.1, -0.05) is 180 Å². The molecule has 296 valence electrons. The first kappa shape index (κ1) is 42.4. The van der Waals surface area contributed by atoms with Crippen LogP contribution in [0.1, 0.15) is 73.7 Å². The van der Waals surface area contributed by atoms with E-state index in [-0.39, 0.29) is 24.6 Å². The predicted molar refractivity (Wildman–Crippen MR) is 252 cm³/mol. The molecule has 0 saturated heterocycles. The second-order valence-corrected chi connectivity index (χ2v) is 16.5. The fraction of sp³-hybridized carbons (Fsp3) is 0.179. The number of halogens is 1. The van der Waals surface area contributed by atoms with Gasteiger partial charge < -0.3 is 5.11 Å². The van der Waals surface area contributed by atoms with Gasteiger partial charge in [-0.25, -0.2) is 0 Å². The van der Waals surface area contributed by atoms with Crippen LogP contribution in [0.15, 0.2) is 168 Å². The maximum atomic E-state index is 12.7. The molecular formula is C56H46ILiO3. The van der Waals surface area contributed by atoms with Crippen LogP contribution in [0.2, 0.25) is 0 Å². The van der Waals surface area contributed by atoms with Gasteiger partial charge in [0.25, 0.3) is 0 Å². The van der Waals surface area contributed by atoms with E-state index >= 15 is 0 Å². The zero-order valence-electron chi connectivity index (χ0n) is 35.1. The number of allylic oxidation sites excluding steroid dienone is 6. The molecule has 0 saturated carbocycles. The first-order valence-corrected chi connectivity index (χ1v) is 23.0. The second-order valence-electron chi connectivity index (χ2n) is 16.5. The molecule has 0 N–H and O–H groups in total. The van der Waals surface area contributed by atoms with Crippen molar-refractivity contribution in [2.75, 3.05) is 4.93 Å². The first-order valence-electron chi connectivity index (χ1n) is 20.8. The number of carbonyl (C=O) groups is 2. The third-order valence-corrected chi connectivity index (χ3v) is 13.1. The van der Waals surface area contributed by atoms with Crippen LogP contribution >= 0.6 is 22.6 Å². The Morgan fingerprint density at radius 2 is 0.951 bits per heavy atom. The van der Waals surface area contributed by atoms with Crippen LogP contribution in [0.4, 0.5) is 0 Å². The smallest absolute Gasteiger partial charge is 0.875 e. The van der Waals surface area contributed by atoms with Crippen molar-refractivity contribution >= 4 is 57.5 Å². The van der Waals surface area contributed by atoms with Crippen molar-refractivity contribution in [3.8, 4) is 0 Å². The molecule has 1 atom stereocenters. The number of alkyl halides is 1. The largest absolute Gasteiger partial charge is 1.00 e. The van der Waals surface area contributed by atoms with E-state index in [2.05, 4.69) is 145 Å². The maximum absolute atomic E-state index is 12.7. The van der Waals surface area contributed by atoms with E-state index in [1.165, 1.54) is 72.4 Å². The quantitative estimate of drug-likeness (QED) is 0.0765. The number of benzene rings is 6. The average Bonchev–Trinajstić information content (AvgIpc) is 4.13. The van der Waals surface area contributed by atoms with E-state index in [1.807, 2.05) is 47.4 Å². The number of hydrogen-bond donors (Lipinski definition) is 0. The number of rotatable bonds is 2. The Labute approximate surface area is 385 Å². The zero-order chi connectivity index (χ0) is 41.4. The summed E-state index contributed by atoms with van der Waals surface area (Å²) in [6, 6.07) is 49.9. The van der Waals surface area contributed by atoms with Crippen LogP contribution < -0.4 is 24.0 Å². The fourth-order valence-corrected chi connectivity index (χ4v) is 10.1. The topological polar surface area (TPSA) is 57.2 Å². The number of ketones is 2. The van der Waals surface area contributed by atoms with Gasteiger partial charge in [-0.3, -0.25) is 9.59 Å². The molecule has 0 radical (unpaired) electrons. The van der Waals surface area contributed by atoms with Crippen LogP contribution in [0.25, 0.3) is 23.3 Å². The monoisotopic (exact) mass is 900 g/mol. The van der Waals surface area contributed by atoms with Gasteiger partial charge in [0.05, 0.1) is 5.41 Å². The Morgan fingerprint density at radius 1 is 0.475 bits per heavy atom. The van der Waals surface area contributed by atoms with Crippen molar-refractivity contribution in [1.29, 1.82) is 0 Å². The Bertz CT molecular complexity index is 2810. The first-order chi connectivity index (χ1) is 29.3. The summed E-state index contributed by atoms with van der Waals surface area (Å²) in [7, 11) is 0. The van der Waals surface area contributed by atoms with E-state index in [9.17, 15) is 14.7 Å².